The highest BCUT2D eigenvalue weighted by atomic mass is 127. The Morgan fingerprint density at radius 3 is 2.58 bits per heavy atom. The summed E-state index contributed by atoms with van der Waals surface area (Å²) < 4.78 is 18.7. The molecule has 1 amide bonds. The molecule has 0 heterocycles. The van der Waals surface area contributed by atoms with Crippen LogP contribution in [0.2, 0.25) is 0 Å². The third-order valence-corrected chi connectivity index (χ3v) is 3.24. The summed E-state index contributed by atoms with van der Waals surface area (Å²) in [5, 5.41) is 6.22. The molecule has 1 aromatic carbocycles. The van der Waals surface area contributed by atoms with Crippen molar-refractivity contribution in [2.45, 2.75) is 19.9 Å². The van der Waals surface area contributed by atoms with Gasteiger partial charge in [-0.05, 0) is 31.5 Å². The first kappa shape index (κ1) is 22.4. The summed E-state index contributed by atoms with van der Waals surface area (Å²) in [6.07, 6.45) is 0. The van der Waals surface area contributed by atoms with Crippen LogP contribution in [-0.4, -0.2) is 51.1 Å². The molecule has 1 rings (SSSR count). The maximum Gasteiger partial charge on any atom is 0.243 e. The maximum absolute atomic E-state index is 13.8. The van der Waals surface area contributed by atoms with E-state index in [1.165, 1.54) is 18.1 Å². The van der Waals surface area contributed by atoms with Gasteiger partial charge in [-0.2, -0.15) is 0 Å². The largest absolute Gasteiger partial charge is 0.494 e. The van der Waals surface area contributed by atoms with Crippen LogP contribution in [0.4, 0.5) is 4.39 Å². The van der Waals surface area contributed by atoms with Crippen molar-refractivity contribution in [3.63, 3.8) is 0 Å². The standard InChI is InChI=1S/C16H25FN4O2.HI/c1-6-18-16(19-10-15(22)21(3)4)20-11(2)12-7-8-14(23-5)13(17)9-12;/h7-9,11H,6,10H2,1-5H3,(H2,18,19,20);1H. The quantitative estimate of drug-likeness (QED) is 0.395. The molecule has 0 saturated heterocycles. The van der Waals surface area contributed by atoms with Crippen LogP contribution in [-0.2, 0) is 4.79 Å². The molecular weight excluding hydrogens is 426 g/mol. The second-order valence-electron chi connectivity index (χ2n) is 5.24. The number of ether oxygens (including phenoxy) is 1. The van der Waals surface area contributed by atoms with E-state index in [1.54, 1.807) is 26.2 Å². The number of amides is 1. The maximum atomic E-state index is 13.8. The number of hydrogen-bond acceptors (Lipinski definition) is 3. The van der Waals surface area contributed by atoms with Crippen LogP contribution in [0, 0.1) is 5.82 Å². The number of halogens is 2. The van der Waals surface area contributed by atoms with E-state index in [0.717, 1.165) is 5.56 Å². The molecule has 0 aliphatic heterocycles. The molecule has 1 unspecified atom stereocenters. The highest BCUT2D eigenvalue weighted by molar-refractivity contribution is 14.0. The number of carbonyl (C=O) groups excluding carboxylic acids is 1. The van der Waals surface area contributed by atoms with Crippen LogP contribution in [0.25, 0.3) is 0 Å². The fraction of sp³-hybridized carbons (Fsp3) is 0.500. The number of likely N-dealkylation sites (N-methyl/N-ethyl adjacent to an activating group) is 1. The van der Waals surface area contributed by atoms with Crippen molar-refractivity contribution in [1.82, 2.24) is 15.5 Å². The van der Waals surface area contributed by atoms with Gasteiger partial charge < -0.3 is 20.3 Å². The van der Waals surface area contributed by atoms with Crippen molar-refractivity contribution in [2.75, 3.05) is 34.3 Å². The van der Waals surface area contributed by atoms with Crippen molar-refractivity contribution in [3.8, 4) is 5.75 Å². The van der Waals surface area contributed by atoms with E-state index in [-0.39, 0.29) is 48.2 Å². The SMILES string of the molecule is CCNC(=NCC(=O)N(C)C)NC(C)c1ccc(OC)c(F)c1.I. The predicted octanol–water partition coefficient (Wildman–Crippen LogP) is 2.16. The van der Waals surface area contributed by atoms with Crippen LogP contribution in [0.1, 0.15) is 25.5 Å². The molecule has 1 aromatic rings. The van der Waals surface area contributed by atoms with E-state index in [9.17, 15) is 9.18 Å². The Morgan fingerprint density at radius 1 is 1.42 bits per heavy atom. The number of methoxy groups -OCH3 is 1. The highest BCUT2D eigenvalue weighted by Gasteiger charge is 2.12. The van der Waals surface area contributed by atoms with Gasteiger partial charge >= 0.3 is 0 Å². The van der Waals surface area contributed by atoms with Gasteiger partial charge in [0.05, 0.1) is 13.2 Å². The van der Waals surface area contributed by atoms with Crippen LogP contribution < -0.4 is 15.4 Å². The summed E-state index contributed by atoms with van der Waals surface area (Å²) in [5.74, 6) is 0.207. The zero-order valence-corrected chi connectivity index (χ0v) is 17.1. The van der Waals surface area contributed by atoms with Crippen molar-refractivity contribution in [3.05, 3.63) is 29.6 Å². The van der Waals surface area contributed by atoms with E-state index < -0.39 is 5.82 Å². The fourth-order valence-corrected chi connectivity index (χ4v) is 1.85. The predicted molar refractivity (Wildman–Crippen MR) is 105 cm³/mol. The van der Waals surface area contributed by atoms with Crippen LogP contribution >= 0.6 is 24.0 Å². The molecule has 6 nitrogen and oxygen atoms in total. The van der Waals surface area contributed by atoms with Crippen LogP contribution in [0.3, 0.4) is 0 Å². The number of carbonyl (C=O) groups is 1. The summed E-state index contributed by atoms with van der Waals surface area (Å²) in [4.78, 5) is 17.3. The van der Waals surface area contributed by atoms with Gasteiger partial charge in [-0.25, -0.2) is 9.38 Å². The Kier molecular flexibility index (Phi) is 10.3. The van der Waals surface area contributed by atoms with Crippen molar-refractivity contribution in [2.24, 2.45) is 4.99 Å². The molecule has 0 bridgehead atoms. The monoisotopic (exact) mass is 452 g/mol. The molecule has 24 heavy (non-hydrogen) atoms. The average molecular weight is 452 g/mol. The molecule has 0 radical (unpaired) electrons. The number of hydrogen-bond donors (Lipinski definition) is 2. The zero-order chi connectivity index (χ0) is 17.4. The number of guanidine groups is 1. The third kappa shape index (κ3) is 6.90. The molecule has 8 heteroatoms. The van der Waals surface area contributed by atoms with E-state index in [0.29, 0.717) is 12.5 Å². The van der Waals surface area contributed by atoms with Crippen LogP contribution in [0.5, 0.6) is 5.75 Å². The smallest absolute Gasteiger partial charge is 0.243 e. The molecule has 0 aliphatic carbocycles. The van der Waals surface area contributed by atoms with Gasteiger partial charge in [0.15, 0.2) is 17.5 Å². The van der Waals surface area contributed by atoms with E-state index in [4.69, 9.17) is 4.74 Å². The van der Waals surface area contributed by atoms with Gasteiger partial charge in [0, 0.05) is 20.6 Å². The molecule has 0 aliphatic rings. The Balaban J connectivity index is 0.00000529. The number of rotatable bonds is 6. The lowest BCUT2D eigenvalue weighted by atomic mass is 10.1. The minimum Gasteiger partial charge on any atom is -0.494 e. The van der Waals surface area contributed by atoms with E-state index >= 15 is 0 Å². The summed E-state index contributed by atoms with van der Waals surface area (Å²) >= 11 is 0. The van der Waals surface area contributed by atoms with Gasteiger partial charge in [-0.15, -0.1) is 24.0 Å². The Morgan fingerprint density at radius 2 is 2.08 bits per heavy atom. The number of benzene rings is 1. The van der Waals surface area contributed by atoms with Gasteiger partial charge in [-0.3, -0.25) is 4.79 Å². The minimum absolute atomic E-state index is 0. The van der Waals surface area contributed by atoms with Crippen molar-refractivity contribution >= 4 is 35.8 Å². The zero-order valence-electron chi connectivity index (χ0n) is 14.7. The van der Waals surface area contributed by atoms with Gasteiger partial charge in [0.1, 0.15) is 6.54 Å². The lowest BCUT2D eigenvalue weighted by molar-refractivity contribution is -0.127. The Bertz CT molecular complexity index is 567. The highest BCUT2D eigenvalue weighted by Crippen LogP contribution is 2.21. The van der Waals surface area contributed by atoms with Crippen LogP contribution in [0.15, 0.2) is 23.2 Å². The topological polar surface area (TPSA) is 66.0 Å². The molecule has 2 N–H and O–H groups in total. The van der Waals surface area contributed by atoms with Gasteiger partial charge in [-0.1, -0.05) is 6.07 Å². The number of nitrogens with zero attached hydrogens (tertiary/aromatic N) is 2. The minimum atomic E-state index is -0.414. The first-order valence-corrected chi connectivity index (χ1v) is 7.47. The van der Waals surface area contributed by atoms with E-state index in [2.05, 4.69) is 15.6 Å². The van der Waals surface area contributed by atoms with Crippen molar-refractivity contribution in [1.29, 1.82) is 0 Å². The summed E-state index contributed by atoms with van der Waals surface area (Å²) in [6.45, 7) is 4.53. The fourth-order valence-electron chi connectivity index (χ4n) is 1.85. The first-order valence-electron chi connectivity index (χ1n) is 7.47. The second-order valence-corrected chi connectivity index (χ2v) is 5.24. The third-order valence-electron chi connectivity index (χ3n) is 3.24. The Labute approximate surface area is 159 Å². The van der Waals surface area contributed by atoms with Gasteiger partial charge in [0.2, 0.25) is 5.91 Å². The molecule has 0 aromatic heterocycles. The molecule has 0 saturated carbocycles. The Hall–Kier alpha value is -1.58. The second kappa shape index (κ2) is 11.1. The summed E-state index contributed by atoms with van der Waals surface area (Å²) in [6, 6.07) is 4.62. The number of aliphatic imine (C=N–C) groups is 1. The summed E-state index contributed by atoms with van der Waals surface area (Å²) in [5.41, 5.74) is 0.757. The van der Waals surface area contributed by atoms with Crippen molar-refractivity contribution < 1.29 is 13.9 Å². The average Bonchev–Trinajstić information content (AvgIpc) is 2.52. The first-order chi connectivity index (χ1) is 10.9. The molecule has 136 valence electrons. The lowest BCUT2D eigenvalue weighted by Crippen LogP contribution is -2.39. The number of nitrogens with one attached hydrogen (secondary N) is 2. The van der Waals surface area contributed by atoms with E-state index in [1.807, 2.05) is 13.8 Å². The molecule has 1 atom stereocenters. The molecular formula is C16H26FIN4O2. The normalized spacial score (nSPS) is 12.0. The molecule has 0 fully saturated rings. The molecule has 0 spiro atoms. The lowest BCUT2D eigenvalue weighted by Gasteiger charge is -2.19. The summed E-state index contributed by atoms with van der Waals surface area (Å²) in [7, 11) is 4.79. The van der Waals surface area contributed by atoms with Gasteiger partial charge in [0.25, 0.3) is 0 Å².